The zero-order valence-corrected chi connectivity index (χ0v) is 16.1. The lowest BCUT2D eigenvalue weighted by molar-refractivity contribution is 0.0595. The number of carbonyl (C=O) groups excluding carboxylic acids is 1. The molecule has 0 spiro atoms. The maximum Gasteiger partial charge on any atom is 0.276 e. The second-order valence-corrected chi connectivity index (χ2v) is 8.05. The number of hydrogen-bond acceptors (Lipinski definition) is 3. The first kappa shape index (κ1) is 18.2. The highest BCUT2D eigenvalue weighted by atomic mass is 16.2. The summed E-state index contributed by atoms with van der Waals surface area (Å²) >= 11 is 0. The van der Waals surface area contributed by atoms with Gasteiger partial charge < -0.3 is 4.90 Å². The molecule has 1 atom stereocenters. The van der Waals surface area contributed by atoms with Crippen molar-refractivity contribution in [2.45, 2.75) is 76.3 Å². The lowest BCUT2D eigenvalue weighted by Gasteiger charge is -2.35. The molecule has 2 fully saturated rings. The standard InChI is InChI=1S/C22H30N4O/c27-22(21-17-26(24-23-21)20-12-5-2-6-13-20)25-16-8-7-11-19(25)15-14-18-9-3-1-4-10-18/h1,3-4,9-10,17,19-20H,2,5-8,11-16H2/t19-/m1/s1. The molecule has 5 heteroatoms. The van der Waals surface area contributed by atoms with Crippen LogP contribution in [0.4, 0.5) is 0 Å². The zero-order valence-electron chi connectivity index (χ0n) is 16.1. The van der Waals surface area contributed by atoms with E-state index in [2.05, 4.69) is 45.5 Å². The van der Waals surface area contributed by atoms with Crippen LogP contribution >= 0.6 is 0 Å². The minimum Gasteiger partial charge on any atom is -0.334 e. The van der Waals surface area contributed by atoms with Crippen molar-refractivity contribution in [1.82, 2.24) is 19.9 Å². The molecule has 0 radical (unpaired) electrons. The van der Waals surface area contributed by atoms with Crippen molar-refractivity contribution in [2.24, 2.45) is 0 Å². The molecule has 1 amide bonds. The molecule has 2 aromatic rings. The SMILES string of the molecule is O=C(c1cn(C2CCCCC2)nn1)N1CCCC[C@@H]1CCc1ccccc1. The van der Waals surface area contributed by atoms with Gasteiger partial charge in [0.05, 0.1) is 12.2 Å². The van der Waals surface area contributed by atoms with Gasteiger partial charge in [-0.2, -0.15) is 0 Å². The number of aromatic nitrogens is 3. The number of hydrogen-bond donors (Lipinski definition) is 0. The van der Waals surface area contributed by atoms with Crippen LogP contribution in [0.25, 0.3) is 0 Å². The molecule has 4 rings (SSSR count). The van der Waals surface area contributed by atoms with E-state index >= 15 is 0 Å². The van der Waals surface area contributed by atoms with E-state index in [0.29, 0.717) is 17.8 Å². The van der Waals surface area contributed by atoms with Crippen molar-refractivity contribution in [2.75, 3.05) is 6.54 Å². The van der Waals surface area contributed by atoms with Crippen molar-refractivity contribution in [1.29, 1.82) is 0 Å². The monoisotopic (exact) mass is 366 g/mol. The first-order valence-corrected chi connectivity index (χ1v) is 10.6. The van der Waals surface area contributed by atoms with E-state index in [1.807, 2.05) is 10.9 Å². The minimum absolute atomic E-state index is 0.0646. The molecule has 0 unspecified atom stereocenters. The molecular weight excluding hydrogens is 336 g/mol. The van der Waals surface area contributed by atoms with E-state index in [1.165, 1.54) is 31.2 Å². The van der Waals surface area contributed by atoms with Gasteiger partial charge in [-0.15, -0.1) is 5.10 Å². The van der Waals surface area contributed by atoms with Gasteiger partial charge in [0, 0.05) is 12.6 Å². The fraction of sp³-hybridized carbons (Fsp3) is 0.591. The third-order valence-electron chi connectivity index (χ3n) is 6.18. The smallest absolute Gasteiger partial charge is 0.276 e. The summed E-state index contributed by atoms with van der Waals surface area (Å²) in [5, 5.41) is 8.53. The van der Waals surface area contributed by atoms with Crippen molar-refractivity contribution in [3.63, 3.8) is 0 Å². The zero-order chi connectivity index (χ0) is 18.5. The van der Waals surface area contributed by atoms with Crippen LogP contribution in [-0.2, 0) is 6.42 Å². The van der Waals surface area contributed by atoms with Gasteiger partial charge in [0.15, 0.2) is 5.69 Å². The van der Waals surface area contributed by atoms with Gasteiger partial charge in [0.25, 0.3) is 5.91 Å². The average Bonchev–Trinajstić information content (AvgIpc) is 3.24. The molecule has 1 aromatic heterocycles. The number of carbonyl (C=O) groups is 1. The lowest BCUT2D eigenvalue weighted by atomic mass is 9.95. The van der Waals surface area contributed by atoms with E-state index in [4.69, 9.17) is 0 Å². The summed E-state index contributed by atoms with van der Waals surface area (Å²) in [6.07, 6.45) is 13.4. The van der Waals surface area contributed by atoms with E-state index < -0.39 is 0 Å². The van der Waals surface area contributed by atoms with Crippen molar-refractivity contribution < 1.29 is 4.79 Å². The Hall–Kier alpha value is -2.17. The van der Waals surface area contributed by atoms with Crippen molar-refractivity contribution >= 4 is 5.91 Å². The van der Waals surface area contributed by atoms with Gasteiger partial charge in [-0.3, -0.25) is 4.79 Å². The molecule has 144 valence electrons. The van der Waals surface area contributed by atoms with E-state index in [-0.39, 0.29) is 5.91 Å². The minimum atomic E-state index is 0.0646. The molecule has 0 N–H and O–H groups in total. The second-order valence-electron chi connectivity index (χ2n) is 8.05. The Labute approximate surface area is 161 Å². The molecule has 2 aliphatic rings. The van der Waals surface area contributed by atoms with Gasteiger partial charge in [0.2, 0.25) is 0 Å². The van der Waals surface area contributed by atoms with Crippen LogP contribution in [0.15, 0.2) is 36.5 Å². The number of amides is 1. The molecule has 1 saturated carbocycles. The summed E-state index contributed by atoms with van der Waals surface area (Å²) in [5.41, 5.74) is 1.87. The summed E-state index contributed by atoms with van der Waals surface area (Å²) in [6.45, 7) is 0.842. The highest BCUT2D eigenvalue weighted by Crippen LogP contribution is 2.28. The third kappa shape index (κ3) is 4.40. The Morgan fingerprint density at radius 2 is 1.78 bits per heavy atom. The first-order valence-electron chi connectivity index (χ1n) is 10.6. The van der Waals surface area contributed by atoms with Gasteiger partial charge in [-0.1, -0.05) is 54.8 Å². The molecule has 1 aliphatic carbocycles. The van der Waals surface area contributed by atoms with Crippen LogP contribution in [-0.4, -0.2) is 38.4 Å². The molecule has 1 aliphatic heterocycles. The van der Waals surface area contributed by atoms with Crippen LogP contribution in [0.2, 0.25) is 0 Å². The summed E-state index contributed by atoms with van der Waals surface area (Å²) in [5.74, 6) is 0.0646. The Bertz CT molecular complexity index is 736. The van der Waals surface area contributed by atoms with E-state index in [9.17, 15) is 4.79 Å². The highest BCUT2D eigenvalue weighted by molar-refractivity contribution is 5.92. The molecule has 1 aromatic carbocycles. The van der Waals surface area contributed by atoms with E-state index in [0.717, 1.165) is 45.1 Å². The number of rotatable bonds is 5. The number of likely N-dealkylation sites (tertiary alicyclic amines) is 1. The largest absolute Gasteiger partial charge is 0.334 e. The fourth-order valence-electron chi connectivity index (χ4n) is 4.59. The summed E-state index contributed by atoms with van der Waals surface area (Å²) in [7, 11) is 0. The summed E-state index contributed by atoms with van der Waals surface area (Å²) in [4.78, 5) is 15.2. The van der Waals surface area contributed by atoms with Crippen LogP contribution in [0.5, 0.6) is 0 Å². The highest BCUT2D eigenvalue weighted by Gasteiger charge is 2.29. The molecule has 27 heavy (non-hydrogen) atoms. The predicted molar refractivity (Wildman–Crippen MR) is 106 cm³/mol. The molecule has 5 nitrogen and oxygen atoms in total. The maximum atomic E-state index is 13.1. The Morgan fingerprint density at radius 3 is 2.59 bits per heavy atom. The van der Waals surface area contributed by atoms with Gasteiger partial charge >= 0.3 is 0 Å². The number of benzene rings is 1. The average molecular weight is 367 g/mol. The summed E-state index contributed by atoms with van der Waals surface area (Å²) < 4.78 is 1.94. The van der Waals surface area contributed by atoms with Crippen LogP contribution in [0.3, 0.4) is 0 Å². The molecular formula is C22H30N4O. The van der Waals surface area contributed by atoms with Crippen LogP contribution in [0, 0.1) is 0 Å². The number of nitrogens with zero attached hydrogens (tertiary/aromatic N) is 4. The quantitative estimate of drug-likeness (QED) is 0.787. The predicted octanol–water partition coefficient (Wildman–Crippen LogP) is 4.41. The summed E-state index contributed by atoms with van der Waals surface area (Å²) in [6, 6.07) is 11.3. The fourth-order valence-corrected chi connectivity index (χ4v) is 4.59. The molecule has 0 bridgehead atoms. The normalized spacial score (nSPS) is 21.3. The topological polar surface area (TPSA) is 51.0 Å². The van der Waals surface area contributed by atoms with Crippen molar-refractivity contribution in [3.8, 4) is 0 Å². The number of piperidine rings is 1. The van der Waals surface area contributed by atoms with Gasteiger partial charge in [0.1, 0.15) is 0 Å². The van der Waals surface area contributed by atoms with Crippen LogP contribution < -0.4 is 0 Å². The molecule has 1 saturated heterocycles. The molecule has 2 heterocycles. The van der Waals surface area contributed by atoms with Crippen LogP contribution in [0.1, 0.15) is 79.9 Å². The Balaban J connectivity index is 1.41. The Morgan fingerprint density at radius 1 is 1.00 bits per heavy atom. The lowest BCUT2D eigenvalue weighted by Crippen LogP contribution is -2.44. The van der Waals surface area contributed by atoms with E-state index in [1.54, 1.807) is 0 Å². The van der Waals surface area contributed by atoms with Gasteiger partial charge in [-0.05, 0) is 50.5 Å². The van der Waals surface area contributed by atoms with Crippen molar-refractivity contribution in [3.05, 3.63) is 47.8 Å². The maximum absolute atomic E-state index is 13.1. The third-order valence-corrected chi connectivity index (χ3v) is 6.18. The first-order chi connectivity index (χ1) is 13.3. The second kappa shape index (κ2) is 8.68. The Kier molecular flexibility index (Phi) is 5.85. The number of aryl methyl sites for hydroxylation is 1. The van der Waals surface area contributed by atoms with Gasteiger partial charge in [-0.25, -0.2) is 4.68 Å².